The summed E-state index contributed by atoms with van der Waals surface area (Å²) in [7, 11) is 4.83. The molecule has 1 atom stereocenters. The monoisotopic (exact) mass is 691 g/mol. The minimum Gasteiger partial charge on any atom is -0.493 e. The van der Waals surface area contributed by atoms with Crippen LogP contribution >= 0.6 is 0 Å². The standard InChI is InChI=1S/C41H49N5O5/c1-29-14-15-33(51-29)28-46(40-42-34-12-8-9-13-35(34)43-40)32-16-20-44(21-17-32)22-18-41(26-30-10-6-5-7-11-30)19-23-45(39(41)47)27-31-24-36(48-2)38(50-4)37(25-31)49-3/h5-15,24-25,32H,16-23,26-28H2,1-4H3,(H,42,43). The van der Waals surface area contributed by atoms with Crippen LogP contribution in [0.5, 0.6) is 17.2 Å². The first-order chi connectivity index (χ1) is 24.9. The second-order valence-corrected chi connectivity index (χ2v) is 14.0. The van der Waals surface area contributed by atoms with E-state index < -0.39 is 5.41 Å². The van der Waals surface area contributed by atoms with E-state index in [9.17, 15) is 4.79 Å². The van der Waals surface area contributed by atoms with Gasteiger partial charge in [-0.3, -0.25) is 4.79 Å². The quantitative estimate of drug-likeness (QED) is 0.133. The lowest BCUT2D eigenvalue weighted by Gasteiger charge is -2.39. The molecule has 10 nitrogen and oxygen atoms in total. The number of para-hydroxylation sites is 2. The van der Waals surface area contributed by atoms with Crippen molar-refractivity contribution in [1.82, 2.24) is 19.8 Å². The van der Waals surface area contributed by atoms with Gasteiger partial charge in [0.25, 0.3) is 0 Å². The number of hydrogen-bond donors (Lipinski definition) is 1. The molecule has 2 saturated heterocycles. The fraction of sp³-hybridized carbons (Fsp3) is 0.415. The number of aryl methyl sites for hydroxylation is 1. The number of likely N-dealkylation sites (tertiary alicyclic amines) is 2. The van der Waals surface area contributed by atoms with Crippen LogP contribution < -0.4 is 19.1 Å². The lowest BCUT2D eigenvalue weighted by Crippen LogP contribution is -2.46. The third kappa shape index (κ3) is 7.42. The lowest BCUT2D eigenvalue weighted by atomic mass is 9.77. The number of carbonyl (C=O) groups is 1. The molecule has 1 unspecified atom stereocenters. The maximum atomic E-state index is 14.5. The van der Waals surface area contributed by atoms with Gasteiger partial charge in [0.05, 0.1) is 44.3 Å². The maximum absolute atomic E-state index is 14.5. The van der Waals surface area contributed by atoms with Gasteiger partial charge >= 0.3 is 0 Å². The molecule has 51 heavy (non-hydrogen) atoms. The second kappa shape index (κ2) is 15.1. The number of hydrogen-bond acceptors (Lipinski definition) is 8. The van der Waals surface area contributed by atoms with Crippen LogP contribution in [0.15, 0.2) is 83.3 Å². The zero-order valence-electron chi connectivity index (χ0n) is 30.2. The van der Waals surface area contributed by atoms with E-state index in [-0.39, 0.29) is 5.91 Å². The summed E-state index contributed by atoms with van der Waals surface area (Å²) in [5.41, 5.74) is 3.70. The number of imidazole rings is 1. The molecule has 0 aliphatic carbocycles. The van der Waals surface area contributed by atoms with E-state index in [1.54, 1.807) is 21.3 Å². The minimum absolute atomic E-state index is 0.222. The second-order valence-electron chi connectivity index (χ2n) is 14.0. The molecule has 2 aromatic heterocycles. The molecule has 1 amide bonds. The van der Waals surface area contributed by atoms with Crippen LogP contribution in [0, 0.1) is 12.3 Å². The van der Waals surface area contributed by atoms with Gasteiger partial charge in [-0.05, 0) is 93.1 Å². The molecule has 0 spiro atoms. The third-order valence-electron chi connectivity index (χ3n) is 10.8. The van der Waals surface area contributed by atoms with E-state index in [1.165, 1.54) is 5.56 Å². The number of amides is 1. The van der Waals surface area contributed by atoms with E-state index >= 15 is 0 Å². The Morgan fingerprint density at radius 3 is 2.29 bits per heavy atom. The normalized spacial score (nSPS) is 18.4. The Hall–Kier alpha value is -4.96. The number of H-pyrrole nitrogens is 1. The highest BCUT2D eigenvalue weighted by molar-refractivity contribution is 5.85. The first-order valence-corrected chi connectivity index (χ1v) is 18.0. The van der Waals surface area contributed by atoms with Gasteiger partial charge in [0, 0.05) is 32.2 Å². The summed E-state index contributed by atoms with van der Waals surface area (Å²) in [6.07, 6.45) is 4.38. The first kappa shape index (κ1) is 34.5. The Morgan fingerprint density at radius 1 is 0.902 bits per heavy atom. The Labute approximate surface area is 300 Å². The van der Waals surface area contributed by atoms with Crippen molar-refractivity contribution in [1.29, 1.82) is 0 Å². The smallest absolute Gasteiger partial charge is 0.229 e. The van der Waals surface area contributed by atoms with Gasteiger partial charge in [-0.15, -0.1) is 0 Å². The van der Waals surface area contributed by atoms with Crippen molar-refractivity contribution in [3.05, 3.63) is 102 Å². The van der Waals surface area contributed by atoms with Crippen molar-refractivity contribution in [3.8, 4) is 17.2 Å². The number of furan rings is 1. The molecular weight excluding hydrogens is 642 g/mol. The number of aromatic amines is 1. The number of rotatable bonds is 14. The van der Waals surface area contributed by atoms with Crippen molar-refractivity contribution in [3.63, 3.8) is 0 Å². The average molecular weight is 692 g/mol. The lowest BCUT2D eigenvalue weighted by molar-refractivity contribution is -0.137. The summed E-state index contributed by atoms with van der Waals surface area (Å²) >= 11 is 0. The summed E-state index contributed by atoms with van der Waals surface area (Å²) in [6.45, 7) is 6.65. The van der Waals surface area contributed by atoms with Crippen LogP contribution in [0.1, 0.15) is 48.3 Å². The topological polar surface area (TPSA) is 96.3 Å². The Balaban J connectivity index is 1.05. The van der Waals surface area contributed by atoms with Crippen LogP contribution in [0.4, 0.5) is 5.95 Å². The molecule has 7 rings (SSSR count). The van der Waals surface area contributed by atoms with Crippen molar-refractivity contribution >= 4 is 22.9 Å². The zero-order valence-corrected chi connectivity index (χ0v) is 30.2. The van der Waals surface area contributed by atoms with Gasteiger partial charge in [-0.2, -0.15) is 0 Å². The molecule has 2 aliphatic rings. The highest BCUT2D eigenvalue weighted by atomic mass is 16.5. The van der Waals surface area contributed by atoms with Gasteiger partial charge in [0.15, 0.2) is 11.5 Å². The average Bonchev–Trinajstić information content (AvgIpc) is 3.87. The highest BCUT2D eigenvalue weighted by Crippen LogP contribution is 2.42. The van der Waals surface area contributed by atoms with Crippen molar-refractivity contribution in [2.24, 2.45) is 5.41 Å². The van der Waals surface area contributed by atoms with Crippen LogP contribution in [0.3, 0.4) is 0 Å². The number of ether oxygens (including phenoxy) is 3. The van der Waals surface area contributed by atoms with E-state index in [0.29, 0.717) is 42.9 Å². The number of benzene rings is 3. The fourth-order valence-corrected chi connectivity index (χ4v) is 7.98. The molecule has 0 saturated carbocycles. The van der Waals surface area contributed by atoms with Crippen LogP contribution in [-0.4, -0.2) is 79.2 Å². The molecule has 2 fully saturated rings. The van der Waals surface area contributed by atoms with Gasteiger partial charge < -0.3 is 38.3 Å². The van der Waals surface area contributed by atoms with E-state index in [1.807, 2.05) is 48.2 Å². The number of nitrogens with zero attached hydrogens (tertiary/aromatic N) is 4. The Kier molecular flexibility index (Phi) is 10.2. The predicted octanol–water partition coefficient (Wildman–Crippen LogP) is 7.01. The van der Waals surface area contributed by atoms with Crippen LogP contribution in [0.25, 0.3) is 11.0 Å². The van der Waals surface area contributed by atoms with Crippen LogP contribution in [-0.2, 0) is 24.3 Å². The number of methoxy groups -OCH3 is 3. The SMILES string of the molecule is COc1cc(CN2CCC(CCN3CCC(N(Cc4ccc(C)o4)c4nc5ccccc5[nH]4)CC3)(Cc3ccccc3)C2=O)cc(OC)c1OC. The van der Waals surface area contributed by atoms with Crippen LogP contribution in [0.2, 0.25) is 0 Å². The van der Waals surface area contributed by atoms with Crippen molar-refractivity contribution in [2.75, 3.05) is 52.4 Å². The van der Waals surface area contributed by atoms with Gasteiger partial charge in [0.2, 0.25) is 17.6 Å². The van der Waals surface area contributed by atoms with E-state index in [4.69, 9.17) is 23.6 Å². The summed E-state index contributed by atoms with van der Waals surface area (Å²) in [6, 6.07) is 26.9. The summed E-state index contributed by atoms with van der Waals surface area (Å²) in [5.74, 6) is 4.70. The van der Waals surface area contributed by atoms with Crippen molar-refractivity contribution in [2.45, 2.75) is 58.2 Å². The zero-order chi connectivity index (χ0) is 35.4. The van der Waals surface area contributed by atoms with Crippen molar-refractivity contribution < 1.29 is 23.4 Å². The number of fused-ring (bicyclic) bond motifs is 1. The van der Waals surface area contributed by atoms with Gasteiger partial charge in [0.1, 0.15) is 11.5 Å². The largest absolute Gasteiger partial charge is 0.493 e. The predicted molar refractivity (Wildman–Crippen MR) is 199 cm³/mol. The highest BCUT2D eigenvalue weighted by Gasteiger charge is 2.46. The molecule has 10 heteroatoms. The number of carbonyl (C=O) groups excluding carboxylic acids is 1. The third-order valence-corrected chi connectivity index (χ3v) is 10.8. The molecular formula is C41H49N5O5. The Bertz CT molecular complexity index is 1870. The molecule has 1 N–H and O–H groups in total. The molecule has 3 aromatic carbocycles. The minimum atomic E-state index is -0.462. The fourth-order valence-electron chi connectivity index (χ4n) is 7.98. The molecule has 0 radical (unpaired) electrons. The maximum Gasteiger partial charge on any atom is 0.229 e. The van der Waals surface area contributed by atoms with E-state index in [2.05, 4.69) is 57.2 Å². The molecule has 5 aromatic rings. The number of piperidine rings is 1. The molecule has 268 valence electrons. The number of aromatic nitrogens is 2. The summed E-state index contributed by atoms with van der Waals surface area (Å²) in [5, 5.41) is 0. The molecule has 0 bridgehead atoms. The van der Waals surface area contributed by atoms with Gasteiger partial charge in [-0.1, -0.05) is 42.5 Å². The number of anilines is 1. The van der Waals surface area contributed by atoms with Gasteiger partial charge in [-0.25, -0.2) is 4.98 Å². The summed E-state index contributed by atoms with van der Waals surface area (Å²) in [4.78, 5) is 30.0. The van der Waals surface area contributed by atoms with E-state index in [0.717, 1.165) is 85.8 Å². The number of nitrogens with one attached hydrogen (secondary N) is 1. The Morgan fingerprint density at radius 2 is 1.63 bits per heavy atom. The first-order valence-electron chi connectivity index (χ1n) is 18.0. The molecule has 2 aliphatic heterocycles. The summed E-state index contributed by atoms with van der Waals surface area (Å²) < 4.78 is 22.7. The molecule has 4 heterocycles.